The highest BCUT2D eigenvalue weighted by Gasteiger charge is 2.44. The van der Waals surface area contributed by atoms with Gasteiger partial charge in [0.05, 0.1) is 60.9 Å². The van der Waals surface area contributed by atoms with E-state index < -0.39 is 41.3 Å². The van der Waals surface area contributed by atoms with E-state index in [2.05, 4.69) is 20.7 Å². The van der Waals surface area contributed by atoms with Crippen molar-refractivity contribution in [3.63, 3.8) is 0 Å². The maximum absolute atomic E-state index is 13.8. The molecule has 4 amide bonds. The van der Waals surface area contributed by atoms with Crippen LogP contribution in [0.1, 0.15) is 74.5 Å². The number of rotatable bonds is 19. The summed E-state index contributed by atoms with van der Waals surface area (Å²) in [5.74, 6) is -1.83. The van der Waals surface area contributed by atoms with Crippen LogP contribution in [0.25, 0.3) is 10.4 Å². The van der Waals surface area contributed by atoms with Crippen molar-refractivity contribution in [2.45, 2.75) is 85.2 Å². The number of nitrogens with one attached hydrogen (secondary N) is 2. The molecule has 15 nitrogen and oxygen atoms in total. The van der Waals surface area contributed by atoms with Crippen LogP contribution in [-0.2, 0) is 41.6 Å². The fraction of sp³-hybridized carbons (Fsp3) is 0.568. The topological polar surface area (TPSA) is 200 Å². The molecule has 0 radical (unpaired) electrons. The first-order valence-electron chi connectivity index (χ1n) is 17.8. The molecule has 5 N–H and O–H groups in total. The number of carbonyl (C=O) groups is 4. The van der Waals surface area contributed by atoms with Crippen LogP contribution < -0.4 is 16.4 Å². The number of aryl methyl sites for hydroxylation is 1. The van der Waals surface area contributed by atoms with E-state index in [-0.39, 0.29) is 51.3 Å². The number of benzene rings is 1. The van der Waals surface area contributed by atoms with Gasteiger partial charge in [-0.25, -0.2) is 4.98 Å². The molecule has 0 bridgehead atoms. The third-order valence-corrected chi connectivity index (χ3v) is 9.70. The van der Waals surface area contributed by atoms with Gasteiger partial charge in [-0.05, 0) is 43.4 Å². The molecule has 1 aromatic carbocycles. The van der Waals surface area contributed by atoms with Crippen molar-refractivity contribution in [1.82, 2.24) is 30.3 Å². The molecule has 0 saturated carbocycles. The Morgan fingerprint density at radius 2 is 1.70 bits per heavy atom. The van der Waals surface area contributed by atoms with Gasteiger partial charge in [0.25, 0.3) is 5.91 Å². The summed E-state index contributed by atoms with van der Waals surface area (Å²) in [4.78, 5) is 58.4. The first-order chi connectivity index (χ1) is 25.1. The highest BCUT2D eigenvalue weighted by molar-refractivity contribution is 7.13. The number of carbonyl (C=O) groups excluding carboxylic acids is 4. The number of β-amino-alcohol motifs (C(OH)–C–C–N with tert-alkyl or cyclic N) is 1. The van der Waals surface area contributed by atoms with Crippen LogP contribution in [0.5, 0.6) is 0 Å². The summed E-state index contributed by atoms with van der Waals surface area (Å²) >= 11 is 1.57. The molecule has 1 fully saturated rings. The number of ether oxygens (including phenoxy) is 3. The van der Waals surface area contributed by atoms with Crippen molar-refractivity contribution in [2.24, 2.45) is 11.1 Å². The maximum atomic E-state index is 13.8. The Balaban J connectivity index is 1.16. The minimum absolute atomic E-state index is 0.00885. The van der Waals surface area contributed by atoms with Gasteiger partial charge in [-0.2, -0.15) is 5.10 Å². The lowest BCUT2D eigenvalue weighted by atomic mass is 9.85. The summed E-state index contributed by atoms with van der Waals surface area (Å²) in [5.41, 5.74) is 10.5. The summed E-state index contributed by atoms with van der Waals surface area (Å²) in [7, 11) is 0. The van der Waals surface area contributed by atoms with Gasteiger partial charge in [0.2, 0.25) is 17.7 Å². The van der Waals surface area contributed by atoms with Crippen LogP contribution in [-0.4, -0.2) is 113 Å². The lowest BCUT2D eigenvalue weighted by Crippen LogP contribution is -2.58. The van der Waals surface area contributed by atoms with Gasteiger partial charge >= 0.3 is 0 Å². The number of aromatic nitrogens is 3. The van der Waals surface area contributed by atoms with Crippen molar-refractivity contribution >= 4 is 35.0 Å². The number of primary amides is 1. The van der Waals surface area contributed by atoms with Gasteiger partial charge in [0, 0.05) is 32.0 Å². The lowest BCUT2D eigenvalue weighted by Gasteiger charge is -2.35. The van der Waals surface area contributed by atoms with E-state index >= 15 is 0 Å². The fourth-order valence-corrected chi connectivity index (χ4v) is 6.72. The van der Waals surface area contributed by atoms with Gasteiger partial charge in [-0.1, -0.05) is 45.0 Å². The monoisotopic (exact) mass is 755 g/mol. The Hall–Kier alpha value is -4.22. The average Bonchev–Trinajstić information content (AvgIpc) is 3.84. The van der Waals surface area contributed by atoms with E-state index in [1.807, 2.05) is 71.3 Å². The molecule has 290 valence electrons. The molecule has 3 aromatic rings. The number of nitrogens with two attached hydrogens (primary N) is 1. The predicted molar refractivity (Wildman–Crippen MR) is 199 cm³/mol. The van der Waals surface area contributed by atoms with E-state index in [9.17, 15) is 24.3 Å². The molecule has 1 aliphatic rings. The second-order valence-corrected chi connectivity index (χ2v) is 15.2. The summed E-state index contributed by atoms with van der Waals surface area (Å²) < 4.78 is 18.2. The zero-order valence-corrected chi connectivity index (χ0v) is 32.2. The standard InChI is InChI=1S/C37H53N7O8S/c1-23(2)44-29(34(38)47)17-27(42-44)11-12-50-13-14-51-15-16-52-21-31(46)41-33(37(4,5)6)36(49)43-20-28(45)18-30(43)35(48)39-19-25-7-9-26(10-8-25)32-24(3)40-22-53-32/h7-10,17,22-23,28,30,33,45H,11-16,18-21H2,1-6H3,(H2,38,47)(H,39,48)(H,41,46)/t28-,30+,33-/m1/s1. The Labute approximate surface area is 314 Å². The Bertz CT molecular complexity index is 1680. The normalized spacial score (nSPS) is 16.6. The van der Waals surface area contributed by atoms with Crippen molar-refractivity contribution in [3.05, 3.63) is 58.5 Å². The molecule has 0 unspecified atom stereocenters. The van der Waals surface area contributed by atoms with Gasteiger partial charge in [0.15, 0.2) is 0 Å². The van der Waals surface area contributed by atoms with E-state index in [4.69, 9.17) is 19.9 Å². The highest BCUT2D eigenvalue weighted by Crippen LogP contribution is 2.28. The van der Waals surface area contributed by atoms with Crippen LogP contribution in [0, 0.1) is 12.3 Å². The zero-order valence-electron chi connectivity index (χ0n) is 31.4. The molecule has 3 atom stereocenters. The second kappa shape index (κ2) is 19.2. The molecule has 1 aliphatic heterocycles. The fourth-order valence-electron chi connectivity index (χ4n) is 5.91. The van der Waals surface area contributed by atoms with E-state index in [1.54, 1.807) is 22.1 Å². The number of hydrogen-bond acceptors (Lipinski definition) is 11. The number of aliphatic hydroxyl groups is 1. The number of likely N-dealkylation sites (tertiary alicyclic amines) is 1. The molecule has 16 heteroatoms. The Morgan fingerprint density at radius 1 is 1.04 bits per heavy atom. The van der Waals surface area contributed by atoms with Crippen LogP contribution >= 0.6 is 11.3 Å². The van der Waals surface area contributed by atoms with E-state index in [0.29, 0.717) is 31.9 Å². The van der Waals surface area contributed by atoms with Gasteiger partial charge < -0.3 is 40.6 Å². The SMILES string of the molecule is Cc1ncsc1-c1ccc(CNC(=O)[C@@H]2C[C@@H](O)CN2C(=O)[C@@H](NC(=O)COCCOCCOCCc2cc(C(N)=O)n(C(C)C)n2)C(C)(C)C)cc1. The molecule has 53 heavy (non-hydrogen) atoms. The first-order valence-corrected chi connectivity index (χ1v) is 18.7. The molecular formula is C37H53N7O8S. The highest BCUT2D eigenvalue weighted by atomic mass is 32.1. The summed E-state index contributed by atoms with van der Waals surface area (Å²) in [5, 5.41) is 20.6. The average molecular weight is 756 g/mol. The number of thiazole rings is 1. The molecule has 3 heterocycles. The third-order valence-electron chi connectivity index (χ3n) is 8.72. The van der Waals surface area contributed by atoms with Gasteiger partial charge in [-0.3, -0.25) is 23.9 Å². The molecule has 4 rings (SSSR count). The number of amides is 4. The van der Waals surface area contributed by atoms with Crippen molar-refractivity contribution in [3.8, 4) is 10.4 Å². The minimum atomic E-state index is -0.961. The quantitative estimate of drug-likeness (QED) is 0.132. The van der Waals surface area contributed by atoms with Gasteiger partial charge in [0.1, 0.15) is 24.4 Å². The molecule has 0 aliphatic carbocycles. The third kappa shape index (κ3) is 11.9. The molecule has 1 saturated heterocycles. The van der Waals surface area contributed by atoms with Crippen molar-refractivity contribution in [1.29, 1.82) is 0 Å². The summed E-state index contributed by atoms with van der Waals surface area (Å²) in [6.45, 7) is 12.7. The summed E-state index contributed by atoms with van der Waals surface area (Å²) in [6, 6.07) is 7.69. The number of nitrogens with zero attached hydrogens (tertiary/aromatic N) is 4. The summed E-state index contributed by atoms with van der Waals surface area (Å²) in [6.07, 6.45) is -0.249. The Morgan fingerprint density at radius 3 is 2.28 bits per heavy atom. The van der Waals surface area contributed by atoms with Crippen LogP contribution in [0.3, 0.4) is 0 Å². The largest absolute Gasteiger partial charge is 0.391 e. The van der Waals surface area contributed by atoms with Crippen molar-refractivity contribution in [2.75, 3.05) is 46.2 Å². The maximum Gasteiger partial charge on any atom is 0.266 e. The Kier molecular flexibility index (Phi) is 15.1. The number of aliphatic hydroxyl groups excluding tert-OH is 1. The molecular weight excluding hydrogens is 703 g/mol. The molecule has 0 spiro atoms. The minimum Gasteiger partial charge on any atom is -0.391 e. The van der Waals surface area contributed by atoms with E-state index in [0.717, 1.165) is 27.4 Å². The lowest BCUT2D eigenvalue weighted by molar-refractivity contribution is -0.144. The first kappa shape index (κ1) is 41.5. The zero-order chi connectivity index (χ0) is 38.7. The number of hydrogen-bond donors (Lipinski definition) is 4. The second-order valence-electron chi connectivity index (χ2n) is 14.4. The van der Waals surface area contributed by atoms with E-state index in [1.165, 1.54) is 4.90 Å². The van der Waals surface area contributed by atoms with Crippen LogP contribution in [0.4, 0.5) is 0 Å². The molecule has 2 aromatic heterocycles. The van der Waals surface area contributed by atoms with Gasteiger partial charge in [-0.15, -0.1) is 11.3 Å². The van der Waals surface area contributed by atoms with Crippen LogP contribution in [0.2, 0.25) is 0 Å². The van der Waals surface area contributed by atoms with Crippen LogP contribution in [0.15, 0.2) is 35.8 Å². The predicted octanol–water partition coefficient (Wildman–Crippen LogP) is 2.40. The van der Waals surface area contributed by atoms with Crippen molar-refractivity contribution < 1.29 is 38.5 Å². The smallest absolute Gasteiger partial charge is 0.266 e.